The van der Waals surface area contributed by atoms with Crippen LogP contribution in [0.25, 0.3) is 0 Å². The molecule has 0 fully saturated rings. The lowest BCUT2D eigenvalue weighted by Gasteiger charge is -2.24. The minimum Gasteiger partial charge on any atom is -0.387 e. The maximum Gasteiger partial charge on any atom is 0.401 e. The first kappa shape index (κ1) is 16.8. The number of pyridine rings is 1. The number of alkyl halides is 3. The molecule has 0 bridgehead atoms. The van der Waals surface area contributed by atoms with E-state index in [0.717, 1.165) is 12.3 Å². The molecule has 1 rings (SSSR count). The smallest absolute Gasteiger partial charge is 0.387 e. The number of hydrogen-bond donors (Lipinski definition) is 1. The van der Waals surface area contributed by atoms with Crippen LogP contribution in [0.4, 0.5) is 17.6 Å². The van der Waals surface area contributed by atoms with E-state index in [1.54, 1.807) is 6.92 Å². The highest BCUT2D eigenvalue weighted by Gasteiger charge is 2.30. The molecule has 20 heavy (non-hydrogen) atoms. The average molecular weight is 294 g/mol. The Labute approximate surface area is 115 Å². The van der Waals surface area contributed by atoms with Crippen molar-refractivity contribution in [2.45, 2.75) is 32.0 Å². The molecule has 0 aliphatic carbocycles. The fourth-order valence-corrected chi connectivity index (χ4v) is 1.88. The maximum atomic E-state index is 12.7. The molecule has 1 aromatic heterocycles. The van der Waals surface area contributed by atoms with E-state index in [2.05, 4.69) is 4.98 Å². The second kappa shape index (κ2) is 7.54. The highest BCUT2D eigenvalue weighted by atomic mass is 19.4. The van der Waals surface area contributed by atoms with Gasteiger partial charge in [0.1, 0.15) is 5.82 Å². The van der Waals surface area contributed by atoms with Gasteiger partial charge in [-0.3, -0.25) is 9.88 Å². The van der Waals surface area contributed by atoms with Crippen molar-refractivity contribution >= 4 is 0 Å². The summed E-state index contributed by atoms with van der Waals surface area (Å²) >= 11 is 0. The molecule has 1 aromatic rings. The maximum absolute atomic E-state index is 12.7. The van der Waals surface area contributed by atoms with E-state index in [9.17, 15) is 22.7 Å². The summed E-state index contributed by atoms with van der Waals surface area (Å²) in [7, 11) is 0. The zero-order valence-electron chi connectivity index (χ0n) is 11.2. The van der Waals surface area contributed by atoms with Gasteiger partial charge >= 0.3 is 6.18 Å². The lowest BCUT2D eigenvalue weighted by atomic mass is 10.1. The van der Waals surface area contributed by atoms with Gasteiger partial charge < -0.3 is 5.11 Å². The monoisotopic (exact) mass is 294 g/mol. The summed E-state index contributed by atoms with van der Waals surface area (Å²) in [4.78, 5) is 4.95. The SMILES string of the molecule is CCCN(CCC(O)c1ccc(F)cn1)CC(F)(F)F. The Morgan fingerprint density at radius 1 is 1.30 bits per heavy atom. The van der Waals surface area contributed by atoms with Crippen LogP contribution in [0, 0.1) is 5.82 Å². The molecule has 0 aliphatic rings. The van der Waals surface area contributed by atoms with Gasteiger partial charge in [0.15, 0.2) is 0 Å². The molecule has 1 atom stereocenters. The first-order valence-electron chi connectivity index (χ1n) is 6.40. The van der Waals surface area contributed by atoms with Crippen LogP contribution < -0.4 is 0 Å². The Bertz CT molecular complexity index is 394. The molecule has 0 spiro atoms. The number of aliphatic hydroxyl groups excluding tert-OH is 1. The molecule has 1 N–H and O–H groups in total. The zero-order valence-corrected chi connectivity index (χ0v) is 11.2. The van der Waals surface area contributed by atoms with E-state index in [4.69, 9.17) is 0 Å². The first-order valence-corrected chi connectivity index (χ1v) is 6.40. The number of aliphatic hydroxyl groups is 1. The fraction of sp³-hybridized carbons (Fsp3) is 0.615. The number of rotatable bonds is 7. The molecule has 0 aromatic carbocycles. The molecule has 1 unspecified atom stereocenters. The molecule has 0 radical (unpaired) electrons. The minimum atomic E-state index is -4.26. The van der Waals surface area contributed by atoms with Gasteiger partial charge in [-0.2, -0.15) is 13.2 Å². The van der Waals surface area contributed by atoms with Crippen molar-refractivity contribution in [2.24, 2.45) is 0 Å². The van der Waals surface area contributed by atoms with Gasteiger partial charge in [0.05, 0.1) is 24.5 Å². The highest BCUT2D eigenvalue weighted by Crippen LogP contribution is 2.19. The normalized spacial score (nSPS) is 13.8. The summed E-state index contributed by atoms with van der Waals surface area (Å²) in [6.07, 6.45) is -3.56. The van der Waals surface area contributed by atoms with E-state index in [1.165, 1.54) is 11.0 Å². The van der Waals surface area contributed by atoms with Crippen LogP contribution in [0.2, 0.25) is 0 Å². The molecular weight excluding hydrogens is 276 g/mol. The molecule has 0 aliphatic heterocycles. The van der Waals surface area contributed by atoms with Gasteiger partial charge in [-0.1, -0.05) is 6.92 Å². The Hall–Kier alpha value is -1.21. The predicted octanol–water partition coefficient (Wildman–Crippen LogP) is 2.92. The van der Waals surface area contributed by atoms with Gasteiger partial charge in [-0.15, -0.1) is 0 Å². The largest absolute Gasteiger partial charge is 0.401 e. The van der Waals surface area contributed by atoms with Gasteiger partial charge in [-0.25, -0.2) is 4.39 Å². The van der Waals surface area contributed by atoms with Crippen molar-refractivity contribution in [2.75, 3.05) is 19.6 Å². The van der Waals surface area contributed by atoms with Crippen LogP contribution in [0.15, 0.2) is 18.3 Å². The summed E-state index contributed by atoms with van der Waals surface area (Å²) in [5, 5.41) is 9.83. The van der Waals surface area contributed by atoms with Crippen molar-refractivity contribution in [1.82, 2.24) is 9.88 Å². The summed E-state index contributed by atoms with van der Waals surface area (Å²) in [6.45, 7) is 1.21. The number of aromatic nitrogens is 1. The van der Waals surface area contributed by atoms with Crippen molar-refractivity contribution in [3.63, 3.8) is 0 Å². The lowest BCUT2D eigenvalue weighted by Crippen LogP contribution is -2.36. The third kappa shape index (κ3) is 6.29. The van der Waals surface area contributed by atoms with Crippen LogP contribution in [-0.4, -0.2) is 40.8 Å². The molecule has 0 saturated carbocycles. The van der Waals surface area contributed by atoms with Crippen molar-refractivity contribution in [3.05, 3.63) is 29.8 Å². The average Bonchev–Trinajstić information content (AvgIpc) is 2.35. The van der Waals surface area contributed by atoms with E-state index in [1.807, 2.05) is 0 Å². The van der Waals surface area contributed by atoms with Crippen molar-refractivity contribution in [3.8, 4) is 0 Å². The van der Waals surface area contributed by atoms with Crippen LogP contribution in [0.5, 0.6) is 0 Å². The summed E-state index contributed by atoms with van der Waals surface area (Å²) in [5.74, 6) is -0.523. The Kier molecular flexibility index (Phi) is 6.35. The van der Waals surface area contributed by atoms with E-state index in [-0.39, 0.29) is 18.7 Å². The van der Waals surface area contributed by atoms with Gasteiger partial charge in [0.25, 0.3) is 0 Å². The topological polar surface area (TPSA) is 36.4 Å². The molecule has 0 saturated heterocycles. The summed E-state index contributed by atoms with van der Waals surface area (Å²) < 4.78 is 49.8. The Morgan fingerprint density at radius 2 is 2.00 bits per heavy atom. The van der Waals surface area contributed by atoms with Gasteiger partial charge in [-0.05, 0) is 31.5 Å². The second-order valence-corrected chi connectivity index (χ2v) is 4.60. The van der Waals surface area contributed by atoms with Crippen LogP contribution in [-0.2, 0) is 0 Å². The van der Waals surface area contributed by atoms with Crippen LogP contribution in [0.1, 0.15) is 31.6 Å². The number of hydrogen-bond acceptors (Lipinski definition) is 3. The molecular formula is C13H18F4N2O. The molecule has 0 amide bonds. The van der Waals surface area contributed by atoms with E-state index >= 15 is 0 Å². The second-order valence-electron chi connectivity index (χ2n) is 4.60. The molecule has 7 heteroatoms. The minimum absolute atomic E-state index is 0.105. The van der Waals surface area contributed by atoms with Crippen LogP contribution in [0.3, 0.4) is 0 Å². The standard InChI is InChI=1S/C13H18F4N2O/c1-2-6-19(9-13(15,16)17)7-5-12(20)11-4-3-10(14)8-18-11/h3-4,8,12,20H,2,5-7,9H2,1H3. The predicted molar refractivity (Wildman–Crippen MR) is 66.6 cm³/mol. The van der Waals surface area contributed by atoms with Crippen molar-refractivity contribution < 1.29 is 22.7 Å². The Morgan fingerprint density at radius 3 is 2.50 bits per heavy atom. The molecule has 114 valence electrons. The third-order valence-electron chi connectivity index (χ3n) is 2.75. The summed E-state index contributed by atoms with van der Waals surface area (Å²) in [6, 6.07) is 2.49. The highest BCUT2D eigenvalue weighted by molar-refractivity contribution is 5.07. The van der Waals surface area contributed by atoms with Gasteiger partial charge in [0, 0.05) is 6.54 Å². The molecule has 1 heterocycles. The van der Waals surface area contributed by atoms with Crippen molar-refractivity contribution in [1.29, 1.82) is 0 Å². The van der Waals surface area contributed by atoms with E-state index < -0.39 is 24.6 Å². The van der Waals surface area contributed by atoms with Gasteiger partial charge in [0.2, 0.25) is 0 Å². The summed E-state index contributed by atoms with van der Waals surface area (Å²) in [5.41, 5.74) is 0.259. The first-order chi connectivity index (χ1) is 9.31. The van der Waals surface area contributed by atoms with Crippen LogP contribution >= 0.6 is 0 Å². The number of halogens is 4. The quantitative estimate of drug-likeness (QED) is 0.786. The van der Waals surface area contributed by atoms with E-state index in [0.29, 0.717) is 13.0 Å². The third-order valence-corrected chi connectivity index (χ3v) is 2.75. The lowest BCUT2D eigenvalue weighted by molar-refractivity contribution is -0.146. The zero-order chi connectivity index (χ0) is 15.2. The Balaban J connectivity index is 2.51. The fourth-order valence-electron chi connectivity index (χ4n) is 1.88. The molecule has 3 nitrogen and oxygen atoms in total. The number of nitrogens with zero attached hydrogens (tertiary/aromatic N) is 2.